The molecule has 1 spiro atoms. The summed E-state index contributed by atoms with van der Waals surface area (Å²) in [5.41, 5.74) is 9.26. The van der Waals surface area contributed by atoms with Crippen LogP contribution in [0, 0.1) is 11.3 Å². The van der Waals surface area contributed by atoms with E-state index < -0.39 is 0 Å². The first-order valence-corrected chi connectivity index (χ1v) is 9.12. The average Bonchev–Trinajstić information content (AvgIpc) is 3.44. The van der Waals surface area contributed by atoms with Crippen LogP contribution in [0.25, 0.3) is 11.3 Å². The van der Waals surface area contributed by atoms with E-state index in [1.165, 1.54) is 5.69 Å². The number of imidazole rings is 1. The zero-order valence-electron chi connectivity index (χ0n) is 14.9. The number of nitrogens with zero attached hydrogens (tertiary/aromatic N) is 6. The average molecular weight is 360 g/mol. The zero-order chi connectivity index (χ0) is 18.4. The fraction of sp³-hybridized carbons (Fsp3) is 0.368. The lowest BCUT2D eigenvalue weighted by atomic mass is 9.82. The Kier molecular flexibility index (Phi) is 3.52. The molecule has 1 atom stereocenters. The zero-order valence-corrected chi connectivity index (χ0v) is 14.9. The molecule has 136 valence electrons. The molecule has 8 heteroatoms. The van der Waals surface area contributed by atoms with Gasteiger partial charge in [0.05, 0.1) is 17.8 Å². The van der Waals surface area contributed by atoms with Crippen LogP contribution in [0.1, 0.15) is 29.9 Å². The molecule has 3 N–H and O–H groups in total. The molecule has 1 saturated heterocycles. The Labute approximate surface area is 156 Å². The van der Waals surface area contributed by atoms with Gasteiger partial charge in [-0.2, -0.15) is 10.4 Å². The van der Waals surface area contributed by atoms with Crippen molar-refractivity contribution in [2.45, 2.75) is 31.3 Å². The number of nitrogens with two attached hydrogens (primary N) is 1. The first-order valence-electron chi connectivity index (χ1n) is 9.12. The van der Waals surface area contributed by atoms with Crippen molar-refractivity contribution in [3.63, 3.8) is 0 Å². The third-order valence-electron chi connectivity index (χ3n) is 5.82. The van der Waals surface area contributed by atoms with Crippen LogP contribution in [0.5, 0.6) is 0 Å². The first kappa shape index (κ1) is 16.0. The van der Waals surface area contributed by atoms with E-state index in [0.717, 1.165) is 56.1 Å². The van der Waals surface area contributed by atoms with Crippen molar-refractivity contribution in [3.05, 3.63) is 47.8 Å². The minimum atomic E-state index is 0.150. The number of hydrogen-bond acceptors (Lipinski definition) is 6. The highest BCUT2D eigenvalue weighted by atomic mass is 15.3. The molecule has 3 aromatic rings. The molecule has 3 aromatic heterocycles. The van der Waals surface area contributed by atoms with Crippen molar-refractivity contribution in [2.24, 2.45) is 0 Å². The highest BCUT2D eigenvalue weighted by Gasteiger charge is 2.45. The van der Waals surface area contributed by atoms with Gasteiger partial charge in [0, 0.05) is 48.4 Å². The number of fused-ring (bicyclic) bond motifs is 2. The monoisotopic (exact) mass is 360 g/mol. The fourth-order valence-corrected chi connectivity index (χ4v) is 4.41. The summed E-state index contributed by atoms with van der Waals surface area (Å²) in [6.07, 6.45) is 7.61. The van der Waals surface area contributed by atoms with Gasteiger partial charge in [0.2, 0.25) is 0 Å². The van der Waals surface area contributed by atoms with E-state index in [-0.39, 0.29) is 11.2 Å². The Morgan fingerprint density at radius 1 is 1.26 bits per heavy atom. The van der Waals surface area contributed by atoms with E-state index in [4.69, 9.17) is 10.8 Å². The van der Waals surface area contributed by atoms with Gasteiger partial charge < -0.3 is 10.7 Å². The van der Waals surface area contributed by atoms with E-state index in [0.29, 0.717) is 5.56 Å². The molecule has 0 unspecified atom stereocenters. The SMILES string of the molecule is N#Cc1cc(-c2cc3n(n2)CC[C@@]32CCN(Cc3ncc[nH]3)C2)cnc1N. The Bertz CT molecular complexity index is 1030. The third kappa shape index (κ3) is 2.59. The summed E-state index contributed by atoms with van der Waals surface area (Å²) in [4.78, 5) is 14.1. The molecule has 2 aliphatic heterocycles. The van der Waals surface area contributed by atoms with Gasteiger partial charge in [0.1, 0.15) is 17.7 Å². The summed E-state index contributed by atoms with van der Waals surface area (Å²) in [6.45, 7) is 3.85. The van der Waals surface area contributed by atoms with Crippen LogP contribution in [0.3, 0.4) is 0 Å². The molecule has 5 heterocycles. The lowest BCUT2D eigenvalue weighted by Gasteiger charge is -2.23. The molecule has 0 aliphatic carbocycles. The summed E-state index contributed by atoms with van der Waals surface area (Å²) < 4.78 is 2.12. The summed E-state index contributed by atoms with van der Waals surface area (Å²) in [5.74, 6) is 1.27. The van der Waals surface area contributed by atoms with Gasteiger partial charge in [-0.05, 0) is 31.5 Å². The molecule has 5 rings (SSSR count). The largest absolute Gasteiger partial charge is 0.383 e. The van der Waals surface area contributed by atoms with Crippen LogP contribution < -0.4 is 5.73 Å². The van der Waals surface area contributed by atoms with Crippen LogP contribution in [0.15, 0.2) is 30.7 Å². The maximum absolute atomic E-state index is 9.20. The highest BCUT2D eigenvalue weighted by molar-refractivity contribution is 5.65. The van der Waals surface area contributed by atoms with E-state index in [1.807, 2.05) is 6.20 Å². The van der Waals surface area contributed by atoms with Gasteiger partial charge in [0.15, 0.2) is 0 Å². The molecule has 0 aromatic carbocycles. The second-order valence-electron chi connectivity index (χ2n) is 7.43. The van der Waals surface area contributed by atoms with Gasteiger partial charge in [-0.1, -0.05) is 0 Å². The van der Waals surface area contributed by atoms with Crippen molar-refractivity contribution in [1.82, 2.24) is 29.6 Å². The Balaban J connectivity index is 1.42. The minimum absolute atomic E-state index is 0.150. The standard InChI is InChI=1S/C19H20N8/c20-9-13-7-14(10-24-18(13)21)15-8-16-19(2-6-27(16)25-15)1-5-26(12-19)11-17-22-3-4-23-17/h3-4,7-8,10H,1-2,5-6,11-12H2,(H2,21,24)(H,22,23)/t19-/m1/s1. The van der Waals surface area contributed by atoms with E-state index in [1.54, 1.807) is 18.5 Å². The fourth-order valence-electron chi connectivity index (χ4n) is 4.41. The van der Waals surface area contributed by atoms with Gasteiger partial charge >= 0.3 is 0 Å². The third-order valence-corrected chi connectivity index (χ3v) is 5.82. The summed E-state index contributed by atoms with van der Waals surface area (Å²) in [6, 6.07) is 6.03. The molecule has 1 fully saturated rings. The van der Waals surface area contributed by atoms with Crippen LogP contribution >= 0.6 is 0 Å². The number of pyridine rings is 1. The predicted octanol–water partition coefficient (Wildman–Crippen LogP) is 1.67. The van der Waals surface area contributed by atoms with E-state index >= 15 is 0 Å². The predicted molar refractivity (Wildman–Crippen MR) is 99.4 cm³/mol. The summed E-state index contributed by atoms with van der Waals surface area (Å²) in [5, 5.41) is 14.0. The Morgan fingerprint density at radius 3 is 2.96 bits per heavy atom. The molecule has 0 bridgehead atoms. The number of hydrogen-bond donors (Lipinski definition) is 2. The Morgan fingerprint density at radius 2 is 2.15 bits per heavy atom. The smallest absolute Gasteiger partial charge is 0.141 e. The quantitative estimate of drug-likeness (QED) is 0.735. The number of likely N-dealkylation sites (tertiary alicyclic amines) is 1. The van der Waals surface area contributed by atoms with Crippen LogP contribution in [0.4, 0.5) is 5.82 Å². The first-order chi connectivity index (χ1) is 13.2. The van der Waals surface area contributed by atoms with Crippen LogP contribution in [0.2, 0.25) is 0 Å². The number of H-pyrrole nitrogens is 1. The van der Waals surface area contributed by atoms with Gasteiger partial charge in [-0.25, -0.2) is 9.97 Å². The van der Waals surface area contributed by atoms with Crippen molar-refractivity contribution in [3.8, 4) is 17.3 Å². The molecule has 0 saturated carbocycles. The minimum Gasteiger partial charge on any atom is -0.383 e. The van der Waals surface area contributed by atoms with Gasteiger partial charge in [0.25, 0.3) is 0 Å². The summed E-state index contributed by atoms with van der Waals surface area (Å²) in [7, 11) is 0. The summed E-state index contributed by atoms with van der Waals surface area (Å²) >= 11 is 0. The highest BCUT2D eigenvalue weighted by Crippen LogP contribution is 2.44. The normalized spacial score (nSPS) is 21.6. The molecular formula is C19H20N8. The topological polar surface area (TPSA) is 112 Å². The molecule has 2 aliphatic rings. The second-order valence-corrected chi connectivity index (χ2v) is 7.43. The number of anilines is 1. The molecule has 0 radical (unpaired) electrons. The number of rotatable bonds is 3. The molecular weight excluding hydrogens is 340 g/mol. The number of nitriles is 1. The van der Waals surface area contributed by atoms with E-state index in [9.17, 15) is 5.26 Å². The van der Waals surface area contributed by atoms with Crippen LogP contribution in [-0.2, 0) is 18.5 Å². The molecule has 0 amide bonds. The van der Waals surface area contributed by atoms with Crippen LogP contribution in [-0.4, -0.2) is 42.7 Å². The molecule has 8 nitrogen and oxygen atoms in total. The van der Waals surface area contributed by atoms with Crippen molar-refractivity contribution < 1.29 is 0 Å². The second kappa shape index (κ2) is 5.93. The van der Waals surface area contributed by atoms with Gasteiger partial charge in [-0.3, -0.25) is 9.58 Å². The van der Waals surface area contributed by atoms with Crippen molar-refractivity contribution in [1.29, 1.82) is 5.26 Å². The molecule has 27 heavy (non-hydrogen) atoms. The maximum Gasteiger partial charge on any atom is 0.141 e. The number of nitrogen functional groups attached to an aromatic ring is 1. The number of nitrogens with one attached hydrogen (secondary N) is 1. The lowest BCUT2D eigenvalue weighted by Crippen LogP contribution is -2.29. The van der Waals surface area contributed by atoms with Crippen molar-refractivity contribution in [2.75, 3.05) is 18.8 Å². The lowest BCUT2D eigenvalue weighted by molar-refractivity contribution is 0.295. The number of aromatic amines is 1. The Hall–Kier alpha value is -3.18. The number of aromatic nitrogens is 5. The maximum atomic E-state index is 9.20. The van der Waals surface area contributed by atoms with Crippen molar-refractivity contribution >= 4 is 5.82 Å². The van der Waals surface area contributed by atoms with Gasteiger partial charge in [-0.15, -0.1) is 0 Å². The number of aryl methyl sites for hydroxylation is 1. The van der Waals surface area contributed by atoms with E-state index in [2.05, 4.69) is 36.7 Å².